The average molecular weight is 366 g/mol. The summed E-state index contributed by atoms with van der Waals surface area (Å²) in [5.41, 5.74) is 4.36. The largest absolute Gasteiger partial charge is 0.196 e. The molecule has 1 aromatic carbocycles. The van der Waals surface area contributed by atoms with Gasteiger partial charge >= 0.3 is 0 Å². The molecule has 1 nitrogen and oxygen atoms in total. The van der Waals surface area contributed by atoms with Crippen LogP contribution >= 0.6 is 0 Å². The second kappa shape index (κ2) is 9.36. The van der Waals surface area contributed by atoms with Gasteiger partial charge < -0.3 is 0 Å². The molecule has 2 saturated carbocycles. The van der Waals surface area contributed by atoms with Gasteiger partial charge in [-0.05, 0) is 98.7 Å². The number of benzene rings is 1. The van der Waals surface area contributed by atoms with Crippen molar-refractivity contribution in [2.75, 3.05) is 0 Å². The Hall–Kier alpha value is -1.88. The summed E-state index contributed by atoms with van der Waals surface area (Å²) in [7, 11) is 0. The number of aryl methyl sites for hydroxylation is 1. The molecule has 0 spiro atoms. The van der Waals surface area contributed by atoms with Crippen LogP contribution in [0.1, 0.15) is 75.3 Å². The third-order valence-electron chi connectivity index (χ3n) is 6.90. The van der Waals surface area contributed by atoms with E-state index in [2.05, 4.69) is 37.8 Å². The van der Waals surface area contributed by atoms with Gasteiger partial charge in [0.2, 0.25) is 0 Å². The lowest BCUT2D eigenvalue weighted by atomic mass is 9.70. The first-order chi connectivity index (χ1) is 13.1. The molecule has 0 aliphatic heterocycles. The zero-order valence-electron chi connectivity index (χ0n) is 16.6. The molecule has 0 bridgehead atoms. The van der Waals surface area contributed by atoms with Gasteiger partial charge in [-0.25, -0.2) is 0 Å². The number of halogens is 1. The summed E-state index contributed by atoms with van der Waals surface area (Å²) in [6.45, 7) is 6.69. The summed E-state index contributed by atoms with van der Waals surface area (Å²) in [6, 6.07) is 10.8. The zero-order valence-corrected chi connectivity index (χ0v) is 16.6. The number of nitrogens with zero attached hydrogens (tertiary/aromatic N) is 1. The van der Waals surface area contributed by atoms with E-state index in [-0.39, 0.29) is 5.92 Å². The molecule has 0 radical (unpaired) electrons. The van der Waals surface area contributed by atoms with Crippen LogP contribution in [0.2, 0.25) is 0 Å². The SMILES string of the molecule is C=C([C@H]1CC[C@H](/C=C(/F)C#N)CC1)[C@H]1CC[C@H](c2ccc(CC)cc2)CC1. The normalized spacial score (nSPS) is 29.1. The Bertz CT molecular complexity index is 693. The van der Waals surface area contributed by atoms with E-state index in [9.17, 15) is 4.39 Å². The van der Waals surface area contributed by atoms with Crippen LogP contribution in [-0.4, -0.2) is 0 Å². The van der Waals surface area contributed by atoms with Crippen molar-refractivity contribution < 1.29 is 4.39 Å². The second-order valence-electron chi connectivity index (χ2n) is 8.46. The molecular formula is C25H32FN. The highest BCUT2D eigenvalue weighted by atomic mass is 19.1. The van der Waals surface area contributed by atoms with Gasteiger partial charge in [-0.15, -0.1) is 0 Å². The van der Waals surface area contributed by atoms with E-state index < -0.39 is 5.83 Å². The Balaban J connectivity index is 1.48. The van der Waals surface area contributed by atoms with Gasteiger partial charge in [-0.2, -0.15) is 9.65 Å². The van der Waals surface area contributed by atoms with Crippen molar-refractivity contribution in [3.05, 3.63) is 59.4 Å². The van der Waals surface area contributed by atoms with Crippen LogP contribution in [0.5, 0.6) is 0 Å². The van der Waals surface area contributed by atoms with E-state index in [4.69, 9.17) is 5.26 Å². The Morgan fingerprint density at radius 3 is 2.11 bits per heavy atom. The minimum Gasteiger partial charge on any atom is -0.195 e. The van der Waals surface area contributed by atoms with Gasteiger partial charge in [0.25, 0.3) is 0 Å². The van der Waals surface area contributed by atoms with Gasteiger partial charge in [0, 0.05) is 0 Å². The van der Waals surface area contributed by atoms with Gasteiger partial charge in [0.15, 0.2) is 5.83 Å². The fourth-order valence-electron chi connectivity index (χ4n) is 5.06. The number of rotatable bonds is 5. The van der Waals surface area contributed by atoms with Gasteiger partial charge in [0.1, 0.15) is 6.07 Å². The van der Waals surface area contributed by atoms with Crippen LogP contribution in [0.4, 0.5) is 4.39 Å². The van der Waals surface area contributed by atoms with E-state index in [0.717, 1.165) is 32.1 Å². The highest BCUT2D eigenvalue weighted by Crippen LogP contribution is 2.43. The second-order valence-corrected chi connectivity index (χ2v) is 8.46. The van der Waals surface area contributed by atoms with Gasteiger partial charge in [-0.1, -0.05) is 43.3 Å². The molecule has 2 heteroatoms. The summed E-state index contributed by atoms with van der Waals surface area (Å²) < 4.78 is 13.2. The van der Waals surface area contributed by atoms with Crippen LogP contribution in [0.25, 0.3) is 0 Å². The Kier molecular flexibility index (Phi) is 6.89. The molecule has 0 N–H and O–H groups in total. The standard InChI is InChI=1S/C25H32FN/c1-3-19-4-10-23(11-5-19)24-14-12-22(13-15-24)18(2)21-8-6-20(7-9-21)16-25(26)17-27/h4-5,10-11,16,20-22,24H,2-3,6-9,12-15H2,1H3/b25-16+/t20-,21-,22-,24-. The van der Waals surface area contributed by atoms with Crippen LogP contribution in [0, 0.1) is 29.1 Å². The molecule has 27 heavy (non-hydrogen) atoms. The molecule has 0 heterocycles. The van der Waals surface area contributed by atoms with Crippen LogP contribution in [-0.2, 0) is 6.42 Å². The maximum absolute atomic E-state index is 13.2. The maximum Gasteiger partial charge on any atom is 0.196 e. The molecule has 144 valence electrons. The molecule has 2 aliphatic rings. The quantitative estimate of drug-likeness (QED) is 0.398. The van der Waals surface area contributed by atoms with Crippen molar-refractivity contribution in [3.63, 3.8) is 0 Å². The lowest BCUT2D eigenvalue weighted by molar-refractivity contribution is 0.289. The predicted octanol–water partition coefficient (Wildman–Crippen LogP) is 7.26. The first-order valence-corrected chi connectivity index (χ1v) is 10.7. The van der Waals surface area contributed by atoms with Gasteiger partial charge in [0.05, 0.1) is 0 Å². The molecule has 0 aromatic heterocycles. The maximum atomic E-state index is 13.2. The third-order valence-corrected chi connectivity index (χ3v) is 6.90. The molecule has 0 saturated heterocycles. The first kappa shape index (κ1) is 19.9. The van der Waals surface area contributed by atoms with Gasteiger partial charge in [-0.3, -0.25) is 0 Å². The van der Waals surface area contributed by atoms with Crippen LogP contribution in [0.15, 0.2) is 48.3 Å². The fourth-order valence-corrected chi connectivity index (χ4v) is 5.06. The average Bonchev–Trinajstić information content (AvgIpc) is 2.74. The van der Waals surface area contributed by atoms with Crippen LogP contribution in [0.3, 0.4) is 0 Å². The minimum atomic E-state index is -0.623. The molecule has 0 unspecified atom stereocenters. The van der Waals surface area contributed by atoms with Crippen molar-refractivity contribution in [1.29, 1.82) is 5.26 Å². The number of hydrogen-bond donors (Lipinski definition) is 0. The van der Waals surface area contributed by atoms with E-state index in [0.29, 0.717) is 17.8 Å². The molecule has 2 aliphatic carbocycles. The predicted molar refractivity (Wildman–Crippen MR) is 110 cm³/mol. The topological polar surface area (TPSA) is 23.8 Å². The summed E-state index contributed by atoms with van der Waals surface area (Å²) in [4.78, 5) is 0. The highest BCUT2D eigenvalue weighted by molar-refractivity contribution is 5.26. The molecule has 3 rings (SSSR count). The number of hydrogen-bond acceptors (Lipinski definition) is 1. The Labute approximate surface area is 164 Å². The number of nitriles is 1. The molecule has 0 amide bonds. The lowest BCUT2D eigenvalue weighted by Gasteiger charge is -2.35. The fraction of sp³-hybridized carbons (Fsp3) is 0.560. The summed E-state index contributed by atoms with van der Waals surface area (Å²) in [5.74, 6) is 1.56. The zero-order chi connectivity index (χ0) is 19.2. The molecular weight excluding hydrogens is 333 g/mol. The molecule has 2 fully saturated rings. The molecule has 1 aromatic rings. The third kappa shape index (κ3) is 5.10. The Morgan fingerprint density at radius 1 is 1.04 bits per heavy atom. The van der Waals surface area contributed by atoms with E-state index in [1.165, 1.54) is 48.5 Å². The summed E-state index contributed by atoms with van der Waals surface area (Å²) in [5, 5.41) is 8.60. The summed E-state index contributed by atoms with van der Waals surface area (Å²) in [6.07, 6.45) is 11.8. The summed E-state index contributed by atoms with van der Waals surface area (Å²) >= 11 is 0. The van der Waals surface area contributed by atoms with Crippen molar-refractivity contribution in [1.82, 2.24) is 0 Å². The molecule has 0 atom stereocenters. The lowest BCUT2D eigenvalue weighted by Crippen LogP contribution is -2.22. The van der Waals surface area contributed by atoms with Crippen molar-refractivity contribution in [3.8, 4) is 6.07 Å². The smallest absolute Gasteiger partial charge is 0.195 e. The van der Waals surface area contributed by atoms with E-state index in [1.807, 2.05) is 0 Å². The monoisotopic (exact) mass is 365 g/mol. The number of allylic oxidation sites excluding steroid dienone is 3. The van der Waals surface area contributed by atoms with Crippen molar-refractivity contribution in [2.45, 2.75) is 70.6 Å². The Morgan fingerprint density at radius 2 is 1.59 bits per heavy atom. The van der Waals surface area contributed by atoms with Crippen molar-refractivity contribution in [2.24, 2.45) is 17.8 Å². The van der Waals surface area contributed by atoms with Crippen molar-refractivity contribution >= 4 is 0 Å². The highest BCUT2D eigenvalue weighted by Gasteiger charge is 2.29. The minimum absolute atomic E-state index is 0.232. The first-order valence-electron chi connectivity index (χ1n) is 10.7. The van der Waals surface area contributed by atoms with Crippen LogP contribution < -0.4 is 0 Å². The van der Waals surface area contributed by atoms with E-state index in [1.54, 1.807) is 6.07 Å². The van der Waals surface area contributed by atoms with E-state index >= 15 is 0 Å².